The summed E-state index contributed by atoms with van der Waals surface area (Å²) in [5, 5.41) is 4.64. The third-order valence-corrected chi connectivity index (χ3v) is 12.7. The largest absolute Gasteiger partial charge is 0.381 e. The Bertz CT molecular complexity index is 467. The van der Waals surface area contributed by atoms with Gasteiger partial charge in [-0.15, -0.1) is 0 Å². The van der Waals surface area contributed by atoms with Gasteiger partial charge in [-0.1, -0.05) is 101 Å². The Balaban J connectivity index is 2.71. The van der Waals surface area contributed by atoms with Gasteiger partial charge in [-0.3, -0.25) is 0 Å². The molecular formula is C24H41Br3O3Si. The monoisotopic (exact) mass is 642 g/mol. The van der Waals surface area contributed by atoms with Crippen LogP contribution in [-0.2, 0) is 14.2 Å². The number of benzene rings is 1. The molecule has 0 N–H and O–H groups in total. The molecule has 1 rings (SSSR count). The lowest BCUT2D eigenvalue weighted by Gasteiger charge is -2.33. The van der Waals surface area contributed by atoms with E-state index >= 15 is 0 Å². The highest BCUT2D eigenvalue weighted by molar-refractivity contribution is 9.09. The first kappa shape index (κ1) is 29.8. The number of halogens is 3. The van der Waals surface area contributed by atoms with Crippen LogP contribution >= 0.6 is 47.8 Å². The normalized spacial score (nSPS) is 11.8. The molecule has 0 atom stereocenters. The van der Waals surface area contributed by atoms with Crippen molar-refractivity contribution in [3.8, 4) is 0 Å². The summed E-state index contributed by atoms with van der Waals surface area (Å²) in [5.74, 6) is 0. The second-order valence-electron chi connectivity index (χ2n) is 7.92. The zero-order valence-corrected chi connectivity index (χ0v) is 24.7. The molecule has 0 unspecified atom stereocenters. The molecule has 180 valence electrons. The van der Waals surface area contributed by atoms with Gasteiger partial charge in [0.05, 0.1) is 8.07 Å². The van der Waals surface area contributed by atoms with E-state index in [1.165, 1.54) is 18.1 Å². The fourth-order valence-corrected chi connectivity index (χ4v) is 9.58. The van der Waals surface area contributed by atoms with Crippen molar-refractivity contribution >= 4 is 61.1 Å². The predicted octanol–water partition coefficient (Wildman–Crippen LogP) is 6.92. The fraction of sp³-hybridized carbons (Fsp3) is 0.750. The van der Waals surface area contributed by atoms with Gasteiger partial charge in [0, 0.05) is 55.6 Å². The van der Waals surface area contributed by atoms with Crippen molar-refractivity contribution in [2.45, 2.75) is 56.7 Å². The van der Waals surface area contributed by atoms with Crippen LogP contribution in [0, 0.1) is 0 Å². The summed E-state index contributed by atoms with van der Waals surface area (Å²) in [6.07, 6.45) is 6.70. The van der Waals surface area contributed by atoms with Gasteiger partial charge in [0.25, 0.3) is 0 Å². The predicted molar refractivity (Wildman–Crippen MR) is 148 cm³/mol. The summed E-state index contributed by atoms with van der Waals surface area (Å²) < 4.78 is 17.6. The van der Waals surface area contributed by atoms with Crippen LogP contribution in [0.1, 0.15) is 38.5 Å². The van der Waals surface area contributed by atoms with Gasteiger partial charge in [0.1, 0.15) is 0 Å². The van der Waals surface area contributed by atoms with Crippen molar-refractivity contribution in [3.63, 3.8) is 0 Å². The maximum atomic E-state index is 5.88. The van der Waals surface area contributed by atoms with Crippen LogP contribution < -0.4 is 5.19 Å². The summed E-state index contributed by atoms with van der Waals surface area (Å²) in [6.45, 7) is 5.18. The van der Waals surface area contributed by atoms with Crippen LogP contribution in [0.15, 0.2) is 30.3 Å². The van der Waals surface area contributed by atoms with E-state index in [9.17, 15) is 0 Å². The maximum absolute atomic E-state index is 5.88. The number of hydrogen-bond donors (Lipinski definition) is 0. The second-order valence-corrected chi connectivity index (χ2v) is 14.9. The van der Waals surface area contributed by atoms with E-state index in [4.69, 9.17) is 14.2 Å². The Morgan fingerprint density at radius 3 is 1.23 bits per heavy atom. The van der Waals surface area contributed by atoms with Crippen LogP contribution in [0.3, 0.4) is 0 Å². The van der Waals surface area contributed by atoms with Crippen LogP contribution in [0.5, 0.6) is 0 Å². The third-order valence-electron chi connectivity index (χ3n) is 5.49. The summed E-state index contributed by atoms with van der Waals surface area (Å²) in [5.41, 5.74) is 0. The molecule has 0 radical (unpaired) electrons. The highest BCUT2D eigenvalue weighted by Crippen LogP contribution is 2.27. The fourth-order valence-electron chi connectivity index (χ4n) is 3.91. The molecule has 3 nitrogen and oxygen atoms in total. The third kappa shape index (κ3) is 14.6. The van der Waals surface area contributed by atoms with Crippen molar-refractivity contribution in [1.29, 1.82) is 0 Å². The molecule has 0 amide bonds. The summed E-state index contributed by atoms with van der Waals surface area (Å²) in [4.78, 5) is 0. The summed E-state index contributed by atoms with van der Waals surface area (Å²) in [7, 11) is -1.64. The van der Waals surface area contributed by atoms with Crippen LogP contribution in [0.4, 0.5) is 0 Å². The Morgan fingerprint density at radius 1 is 0.516 bits per heavy atom. The van der Waals surface area contributed by atoms with Gasteiger partial charge in [-0.05, 0) is 38.5 Å². The van der Waals surface area contributed by atoms with Crippen molar-refractivity contribution in [2.75, 3.05) is 55.6 Å². The molecule has 0 aliphatic rings. The van der Waals surface area contributed by atoms with Gasteiger partial charge < -0.3 is 14.2 Å². The van der Waals surface area contributed by atoms with Crippen LogP contribution in [0.2, 0.25) is 18.1 Å². The molecule has 0 bridgehead atoms. The lowest BCUT2D eigenvalue weighted by atomic mass is 10.4. The molecule has 31 heavy (non-hydrogen) atoms. The number of rotatable bonds is 22. The molecule has 0 fully saturated rings. The smallest absolute Gasteiger partial charge is 0.0869 e. The van der Waals surface area contributed by atoms with Crippen molar-refractivity contribution in [1.82, 2.24) is 0 Å². The van der Waals surface area contributed by atoms with Crippen LogP contribution in [0.25, 0.3) is 0 Å². The summed E-state index contributed by atoms with van der Waals surface area (Å²) in [6, 6.07) is 15.2. The number of ether oxygens (including phenoxy) is 3. The lowest BCUT2D eigenvalue weighted by Crippen LogP contribution is -2.48. The summed E-state index contributed by atoms with van der Waals surface area (Å²) >= 11 is 10.4. The molecule has 1 aromatic rings. The molecule has 0 spiro atoms. The molecule has 0 aromatic heterocycles. The highest BCUT2D eigenvalue weighted by Gasteiger charge is 2.33. The minimum atomic E-state index is -1.64. The highest BCUT2D eigenvalue weighted by atomic mass is 79.9. The molecular weight excluding hydrogens is 604 g/mol. The van der Waals surface area contributed by atoms with Crippen molar-refractivity contribution in [3.05, 3.63) is 30.3 Å². The van der Waals surface area contributed by atoms with Gasteiger partial charge in [0.2, 0.25) is 0 Å². The maximum Gasteiger partial charge on any atom is 0.0869 e. The SMILES string of the molecule is BrCCCOCCC[Si](CCCOCCCBr)(CCCOCCCBr)c1ccccc1. The Hall–Kier alpha value is 0.757. The van der Waals surface area contributed by atoms with E-state index in [0.29, 0.717) is 0 Å². The number of alkyl halides is 3. The number of hydrogen-bond acceptors (Lipinski definition) is 3. The molecule has 0 heterocycles. The van der Waals surface area contributed by atoms with Gasteiger partial charge >= 0.3 is 0 Å². The van der Waals surface area contributed by atoms with Crippen molar-refractivity contribution < 1.29 is 14.2 Å². The quantitative estimate of drug-likeness (QED) is 0.0780. The first-order valence-electron chi connectivity index (χ1n) is 11.8. The second kappa shape index (κ2) is 21.3. The minimum Gasteiger partial charge on any atom is -0.381 e. The Labute approximate surface area is 216 Å². The molecule has 1 aromatic carbocycles. The average molecular weight is 645 g/mol. The molecule has 0 aliphatic carbocycles. The van der Waals surface area contributed by atoms with Crippen molar-refractivity contribution in [2.24, 2.45) is 0 Å². The van der Waals surface area contributed by atoms with E-state index in [0.717, 1.165) is 94.2 Å². The lowest BCUT2D eigenvalue weighted by molar-refractivity contribution is 0.133. The van der Waals surface area contributed by atoms with E-state index in [1.54, 1.807) is 5.19 Å². The first-order valence-corrected chi connectivity index (χ1v) is 17.7. The standard InChI is InChI=1S/C24H41Br3O3Si/c25-12-4-15-28-18-7-21-31(24-10-2-1-3-11-24,22-8-19-29-16-5-13-26)23-9-20-30-17-6-14-27/h1-3,10-11H,4-9,12-23H2. The van der Waals surface area contributed by atoms with Gasteiger partial charge in [-0.25, -0.2) is 0 Å². The molecule has 7 heteroatoms. The van der Waals surface area contributed by atoms with Crippen LogP contribution in [-0.4, -0.2) is 63.7 Å². The molecule has 0 saturated carbocycles. The Morgan fingerprint density at radius 2 is 0.871 bits per heavy atom. The minimum absolute atomic E-state index is 0.855. The molecule has 0 aliphatic heterocycles. The van der Waals surface area contributed by atoms with E-state index < -0.39 is 8.07 Å². The van der Waals surface area contributed by atoms with Gasteiger partial charge in [0.15, 0.2) is 0 Å². The zero-order valence-electron chi connectivity index (χ0n) is 19.0. The first-order chi connectivity index (χ1) is 15.3. The zero-order chi connectivity index (χ0) is 22.5. The van der Waals surface area contributed by atoms with E-state index in [-0.39, 0.29) is 0 Å². The molecule has 0 saturated heterocycles. The topological polar surface area (TPSA) is 27.7 Å². The van der Waals surface area contributed by atoms with E-state index in [1.807, 2.05) is 0 Å². The Kier molecular flexibility index (Phi) is 20.5. The van der Waals surface area contributed by atoms with E-state index in [2.05, 4.69) is 78.1 Å². The average Bonchev–Trinajstić information content (AvgIpc) is 2.80. The van der Waals surface area contributed by atoms with Gasteiger partial charge in [-0.2, -0.15) is 0 Å².